The normalized spacial score (nSPS) is 15.8. The fraction of sp³-hybridized carbons (Fsp3) is 0.667. The summed E-state index contributed by atoms with van der Waals surface area (Å²) in [5.41, 5.74) is 2.94. The molecule has 0 aromatic rings. The van der Waals surface area contributed by atoms with Crippen molar-refractivity contribution in [1.82, 2.24) is 0 Å². The van der Waals surface area contributed by atoms with Crippen molar-refractivity contribution < 1.29 is 0 Å². The maximum Gasteiger partial charge on any atom is 0.153 e. The highest BCUT2D eigenvalue weighted by Gasteiger charge is 2.08. The molecule has 0 N–H and O–H groups in total. The van der Waals surface area contributed by atoms with E-state index >= 15 is 0 Å². The Morgan fingerprint density at radius 3 is 2.38 bits per heavy atom. The highest BCUT2D eigenvalue weighted by atomic mass is 14.0. The molecule has 0 aliphatic heterocycles. The Morgan fingerprint density at radius 1 is 1.38 bits per heavy atom. The second kappa shape index (κ2) is 7.00. The molecule has 73 valence electrons. The molecule has 0 amide bonds. The van der Waals surface area contributed by atoms with Gasteiger partial charge in [0.15, 0.2) is 7.28 Å². The van der Waals surface area contributed by atoms with Crippen molar-refractivity contribution in [1.29, 1.82) is 0 Å². The Labute approximate surface area is 84.4 Å². The monoisotopic (exact) mass is 177 g/mol. The maximum absolute atomic E-state index is 2.35. The second-order valence-electron chi connectivity index (χ2n) is 3.53. The highest BCUT2D eigenvalue weighted by molar-refractivity contribution is 6.47. The van der Waals surface area contributed by atoms with Crippen LogP contribution >= 0.6 is 0 Å². The summed E-state index contributed by atoms with van der Waals surface area (Å²) >= 11 is 0. The van der Waals surface area contributed by atoms with Crippen molar-refractivity contribution in [3.63, 3.8) is 0 Å². The van der Waals surface area contributed by atoms with Gasteiger partial charge in [-0.3, -0.25) is 0 Å². The summed E-state index contributed by atoms with van der Waals surface area (Å²) in [5.74, 6) is 0.598. The summed E-state index contributed by atoms with van der Waals surface area (Å²) in [6.45, 7) is 11.0. The van der Waals surface area contributed by atoms with E-state index in [2.05, 4.69) is 54.1 Å². The molecule has 0 rings (SSSR count). The van der Waals surface area contributed by atoms with Crippen LogP contribution < -0.4 is 0 Å². The Morgan fingerprint density at radius 2 is 2.00 bits per heavy atom. The molecule has 1 unspecified atom stereocenters. The average Bonchev–Trinajstić information content (AvgIpc) is 2.13. The fourth-order valence-electron chi connectivity index (χ4n) is 1.51. The van der Waals surface area contributed by atoms with E-state index in [0.29, 0.717) is 5.82 Å². The minimum atomic E-state index is 0.598. The van der Waals surface area contributed by atoms with E-state index < -0.39 is 0 Å². The van der Waals surface area contributed by atoms with E-state index in [9.17, 15) is 0 Å². The minimum absolute atomic E-state index is 0.598. The second-order valence-corrected chi connectivity index (χ2v) is 3.53. The summed E-state index contributed by atoms with van der Waals surface area (Å²) in [6.07, 6.45) is 6.83. The van der Waals surface area contributed by atoms with Gasteiger partial charge in [0, 0.05) is 0 Å². The molecule has 0 saturated carbocycles. The van der Waals surface area contributed by atoms with Gasteiger partial charge in [-0.15, -0.1) is 5.47 Å². The van der Waals surface area contributed by atoms with Crippen LogP contribution in [0.4, 0.5) is 0 Å². The van der Waals surface area contributed by atoms with E-state index in [0.717, 1.165) is 6.42 Å². The van der Waals surface area contributed by atoms with Gasteiger partial charge < -0.3 is 0 Å². The largest absolute Gasteiger partial charge is 0.153 e. The van der Waals surface area contributed by atoms with Crippen LogP contribution in [-0.2, 0) is 0 Å². The minimum Gasteiger partial charge on any atom is -0.115 e. The standard InChI is InChI=1S/C12H22B/c1-6-9-12(8-3)11(5)13-10(4)7-2/h7,9,11H,6,8H2,1-5H3/b10-7-,12-9+. The zero-order valence-corrected chi connectivity index (χ0v) is 9.72. The molecule has 0 aromatic heterocycles. The van der Waals surface area contributed by atoms with Crippen molar-refractivity contribution in [3.05, 3.63) is 23.2 Å². The number of hydrogen-bond acceptors (Lipinski definition) is 0. The van der Waals surface area contributed by atoms with Crippen LogP contribution in [0.2, 0.25) is 5.82 Å². The fourth-order valence-corrected chi connectivity index (χ4v) is 1.51. The lowest BCUT2D eigenvalue weighted by atomic mass is 9.57. The number of rotatable bonds is 5. The third-order valence-electron chi connectivity index (χ3n) is 2.43. The van der Waals surface area contributed by atoms with Gasteiger partial charge in [0.25, 0.3) is 0 Å². The van der Waals surface area contributed by atoms with Crippen LogP contribution in [0.1, 0.15) is 47.5 Å². The van der Waals surface area contributed by atoms with Crippen molar-refractivity contribution in [2.45, 2.75) is 53.3 Å². The summed E-state index contributed by atoms with van der Waals surface area (Å²) in [7, 11) is 2.34. The molecular formula is C12H22B. The van der Waals surface area contributed by atoms with Crippen LogP contribution in [0, 0.1) is 0 Å². The summed E-state index contributed by atoms with van der Waals surface area (Å²) < 4.78 is 0. The quantitative estimate of drug-likeness (QED) is 0.436. The van der Waals surface area contributed by atoms with Crippen molar-refractivity contribution in [2.75, 3.05) is 0 Å². The van der Waals surface area contributed by atoms with Gasteiger partial charge in [0.1, 0.15) is 0 Å². The Kier molecular flexibility index (Phi) is 6.75. The topological polar surface area (TPSA) is 0 Å². The van der Waals surface area contributed by atoms with E-state index in [-0.39, 0.29) is 0 Å². The van der Waals surface area contributed by atoms with Gasteiger partial charge in [0.05, 0.1) is 0 Å². The third kappa shape index (κ3) is 4.97. The molecule has 1 radical (unpaired) electrons. The predicted octanol–water partition coefficient (Wildman–Crippen LogP) is 4.17. The highest BCUT2D eigenvalue weighted by Crippen LogP contribution is 2.21. The first-order valence-electron chi connectivity index (χ1n) is 5.32. The van der Waals surface area contributed by atoms with Gasteiger partial charge in [0.2, 0.25) is 0 Å². The molecule has 13 heavy (non-hydrogen) atoms. The lowest BCUT2D eigenvalue weighted by Gasteiger charge is -2.13. The zero-order valence-electron chi connectivity index (χ0n) is 9.72. The van der Waals surface area contributed by atoms with Crippen LogP contribution in [-0.4, -0.2) is 7.28 Å². The van der Waals surface area contributed by atoms with Crippen LogP contribution in [0.5, 0.6) is 0 Å². The van der Waals surface area contributed by atoms with Gasteiger partial charge in [-0.25, -0.2) is 0 Å². The molecular weight excluding hydrogens is 155 g/mol. The molecule has 0 aliphatic rings. The van der Waals surface area contributed by atoms with Gasteiger partial charge in [-0.2, -0.15) is 0 Å². The SMILES string of the molecule is C/C=C(/C)[B]C(C)/C(=C/CC)CC. The molecule has 1 atom stereocenters. The van der Waals surface area contributed by atoms with E-state index in [1.807, 2.05) is 0 Å². The summed E-state index contributed by atoms with van der Waals surface area (Å²) in [5, 5.41) is 0. The average molecular weight is 177 g/mol. The lowest BCUT2D eigenvalue weighted by Crippen LogP contribution is -2.04. The van der Waals surface area contributed by atoms with E-state index in [1.165, 1.54) is 11.9 Å². The van der Waals surface area contributed by atoms with Crippen LogP contribution in [0.15, 0.2) is 23.2 Å². The van der Waals surface area contributed by atoms with Crippen molar-refractivity contribution >= 4 is 7.28 Å². The molecule has 0 saturated heterocycles. The Balaban J connectivity index is 4.22. The molecule has 0 fully saturated rings. The van der Waals surface area contributed by atoms with Crippen molar-refractivity contribution in [3.8, 4) is 0 Å². The van der Waals surface area contributed by atoms with Crippen molar-refractivity contribution in [2.24, 2.45) is 0 Å². The molecule has 0 bridgehead atoms. The smallest absolute Gasteiger partial charge is 0.115 e. The van der Waals surface area contributed by atoms with Gasteiger partial charge in [-0.05, 0) is 25.6 Å². The maximum atomic E-state index is 2.35. The zero-order chi connectivity index (χ0) is 10.3. The molecule has 0 aliphatic carbocycles. The van der Waals surface area contributed by atoms with Gasteiger partial charge >= 0.3 is 0 Å². The first-order valence-corrected chi connectivity index (χ1v) is 5.32. The molecule has 0 nitrogen and oxygen atoms in total. The van der Waals surface area contributed by atoms with Crippen LogP contribution in [0.25, 0.3) is 0 Å². The Hall–Kier alpha value is -0.455. The number of hydrogen-bond donors (Lipinski definition) is 0. The molecule has 0 spiro atoms. The van der Waals surface area contributed by atoms with E-state index in [1.54, 1.807) is 5.57 Å². The summed E-state index contributed by atoms with van der Waals surface area (Å²) in [4.78, 5) is 0. The Bertz CT molecular complexity index is 189. The lowest BCUT2D eigenvalue weighted by molar-refractivity contribution is 0.943. The summed E-state index contributed by atoms with van der Waals surface area (Å²) in [6, 6.07) is 0. The molecule has 0 heterocycles. The van der Waals surface area contributed by atoms with E-state index in [4.69, 9.17) is 0 Å². The predicted molar refractivity (Wildman–Crippen MR) is 63.3 cm³/mol. The first-order chi connectivity index (χ1) is 6.15. The number of allylic oxidation sites excluding steroid dienone is 4. The third-order valence-corrected chi connectivity index (χ3v) is 2.43. The first kappa shape index (κ1) is 12.5. The van der Waals surface area contributed by atoms with Crippen LogP contribution in [0.3, 0.4) is 0 Å². The van der Waals surface area contributed by atoms with Gasteiger partial charge in [-0.1, -0.05) is 45.4 Å². The molecule has 1 heteroatoms. The molecule has 0 aromatic carbocycles.